The fraction of sp³-hybridized carbons (Fsp3) is 0.364. The van der Waals surface area contributed by atoms with Crippen LogP contribution in [0.1, 0.15) is 19.8 Å². The van der Waals surface area contributed by atoms with Gasteiger partial charge in [0, 0.05) is 11.0 Å². The predicted octanol–water partition coefficient (Wildman–Crippen LogP) is 3.65. The molecule has 6 heteroatoms. The summed E-state index contributed by atoms with van der Waals surface area (Å²) >= 11 is 2.96. The molecule has 0 bridgehead atoms. The van der Waals surface area contributed by atoms with E-state index in [0.717, 1.165) is 25.0 Å². The zero-order valence-corrected chi connectivity index (χ0v) is 10.9. The van der Waals surface area contributed by atoms with E-state index >= 15 is 0 Å². The predicted molar refractivity (Wildman–Crippen MR) is 66.0 cm³/mol. The average molecular weight is 307 g/mol. The lowest BCUT2D eigenvalue weighted by molar-refractivity contribution is 0.251. The van der Waals surface area contributed by atoms with Crippen molar-refractivity contribution in [1.82, 2.24) is 5.32 Å². The van der Waals surface area contributed by atoms with Gasteiger partial charge in [0.1, 0.15) is 5.69 Å². The lowest BCUT2D eigenvalue weighted by Crippen LogP contribution is -2.30. The highest BCUT2D eigenvalue weighted by Crippen LogP contribution is 2.23. The van der Waals surface area contributed by atoms with Gasteiger partial charge < -0.3 is 10.6 Å². The summed E-state index contributed by atoms with van der Waals surface area (Å²) in [7, 11) is 0. The molecule has 17 heavy (non-hydrogen) atoms. The van der Waals surface area contributed by atoms with Crippen LogP contribution in [0.5, 0.6) is 0 Å². The van der Waals surface area contributed by atoms with Crippen molar-refractivity contribution >= 4 is 27.6 Å². The number of amides is 2. The van der Waals surface area contributed by atoms with Crippen LogP contribution in [0.3, 0.4) is 0 Å². The maximum absolute atomic E-state index is 13.3. The Morgan fingerprint density at radius 3 is 2.47 bits per heavy atom. The van der Waals surface area contributed by atoms with Crippen LogP contribution in [0.15, 0.2) is 16.6 Å². The number of nitrogens with one attached hydrogen (secondary N) is 2. The number of urea groups is 1. The van der Waals surface area contributed by atoms with Crippen molar-refractivity contribution in [3.8, 4) is 0 Å². The summed E-state index contributed by atoms with van der Waals surface area (Å²) in [6.45, 7) is 2.45. The number of anilines is 1. The van der Waals surface area contributed by atoms with E-state index in [0.29, 0.717) is 6.54 Å². The Labute approximate surface area is 107 Å². The van der Waals surface area contributed by atoms with E-state index < -0.39 is 23.4 Å². The molecule has 0 aliphatic rings. The number of carbonyl (C=O) groups excluding carboxylic acids is 1. The number of carbonyl (C=O) groups is 1. The zero-order chi connectivity index (χ0) is 12.8. The van der Waals surface area contributed by atoms with Gasteiger partial charge in [0.05, 0.1) is 0 Å². The van der Waals surface area contributed by atoms with Gasteiger partial charge in [0.25, 0.3) is 0 Å². The number of halogens is 3. The van der Waals surface area contributed by atoms with Crippen molar-refractivity contribution < 1.29 is 13.6 Å². The van der Waals surface area contributed by atoms with E-state index in [4.69, 9.17) is 0 Å². The molecule has 2 N–H and O–H groups in total. The molecule has 0 radical (unpaired) electrons. The fourth-order valence-electron chi connectivity index (χ4n) is 1.20. The van der Waals surface area contributed by atoms with Crippen molar-refractivity contribution in [2.45, 2.75) is 19.8 Å². The quantitative estimate of drug-likeness (QED) is 0.819. The Bertz CT molecular complexity index is 389. The van der Waals surface area contributed by atoms with Gasteiger partial charge in [-0.05, 0) is 18.6 Å². The summed E-state index contributed by atoms with van der Waals surface area (Å²) in [4.78, 5) is 11.3. The van der Waals surface area contributed by atoms with E-state index in [1.165, 1.54) is 0 Å². The van der Waals surface area contributed by atoms with E-state index in [1.807, 2.05) is 6.92 Å². The van der Waals surface area contributed by atoms with E-state index in [9.17, 15) is 13.6 Å². The first-order valence-corrected chi connectivity index (χ1v) is 6.03. The molecule has 0 aromatic heterocycles. The summed E-state index contributed by atoms with van der Waals surface area (Å²) in [6, 6.07) is 1.56. The van der Waals surface area contributed by atoms with Gasteiger partial charge in [-0.3, -0.25) is 0 Å². The van der Waals surface area contributed by atoms with Crippen molar-refractivity contribution in [2.24, 2.45) is 0 Å². The third-order valence-corrected chi connectivity index (χ3v) is 2.52. The molecule has 1 aromatic rings. The van der Waals surface area contributed by atoms with Crippen LogP contribution in [0.25, 0.3) is 0 Å². The first-order chi connectivity index (χ1) is 8.04. The second-order valence-electron chi connectivity index (χ2n) is 3.48. The van der Waals surface area contributed by atoms with Crippen LogP contribution in [-0.2, 0) is 0 Å². The smallest absolute Gasteiger partial charge is 0.319 e. The summed E-state index contributed by atoms with van der Waals surface area (Å²) in [5.74, 6) is -1.63. The highest BCUT2D eigenvalue weighted by Gasteiger charge is 2.12. The Balaban J connectivity index is 2.65. The van der Waals surface area contributed by atoms with E-state index in [2.05, 4.69) is 26.6 Å². The molecule has 0 fully saturated rings. The third kappa shape index (κ3) is 4.30. The minimum absolute atomic E-state index is 0.282. The van der Waals surface area contributed by atoms with Gasteiger partial charge in [0.2, 0.25) is 0 Å². The number of hydrogen-bond acceptors (Lipinski definition) is 1. The van der Waals surface area contributed by atoms with Crippen molar-refractivity contribution in [3.05, 3.63) is 28.2 Å². The van der Waals surface area contributed by atoms with E-state index in [1.54, 1.807) is 0 Å². The van der Waals surface area contributed by atoms with Crippen LogP contribution in [0.2, 0.25) is 0 Å². The molecule has 0 aliphatic carbocycles. The third-order valence-electron chi connectivity index (χ3n) is 2.06. The minimum Gasteiger partial charge on any atom is -0.338 e. The highest BCUT2D eigenvalue weighted by atomic mass is 79.9. The summed E-state index contributed by atoms with van der Waals surface area (Å²) in [5, 5.41) is 4.65. The van der Waals surface area contributed by atoms with Gasteiger partial charge in [-0.15, -0.1) is 0 Å². The summed E-state index contributed by atoms with van der Waals surface area (Å²) in [5.41, 5.74) is -0.442. The van der Waals surface area contributed by atoms with Crippen molar-refractivity contribution in [1.29, 1.82) is 0 Å². The maximum atomic E-state index is 13.3. The molecule has 0 heterocycles. The molecule has 0 saturated carbocycles. The first kappa shape index (κ1) is 13.9. The molecule has 2 amide bonds. The summed E-state index contributed by atoms with van der Waals surface area (Å²) in [6.07, 6.45) is 1.75. The van der Waals surface area contributed by atoms with Crippen LogP contribution in [-0.4, -0.2) is 12.6 Å². The minimum atomic E-state index is -0.817. The standard InChI is InChI=1S/C11H13BrF2N2O/c1-2-3-4-15-11(17)16-10-8(13)5-7(12)6-9(10)14/h5-6H,2-4H2,1H3,(H2,15,16,17). The molecule has 0 saturated heterocycles. The number of benzene rings is 1. The van der Waals surface area contributed by atoms with Crippen molar-refractivity contribution in [3.63, 3.8) is 0 Å². The lowest BCUT2D eigenvalue weighted by atomic mass is 10.3. The second-order valence-corrected chi connectivity index (χ2v) is 4.39. The molecular formula is C11H13BrF2N2O. The molecule has 0 aliphatic heterocycles. The lowest BCUT2D eigenvalue weighted by Gasteiger charge is -2.09. The molecule has 3 nitrogen and oxygen atoms in total. The maximum Gasteiger partial charge on any atom is 0.319 e. The van der Waals surface area contributed by atoms with Gasteiger partial charge in [-0.1, -0.05) is 29.3 Å². The molecule has 0 spiro atoms. The first-order valence-electron chi connectivity index (χ1n) is 5.24. The highest BCUT2D eigenvalue weighted by molar-refractivity contribution is 9.10. The normalized spacial score (nSPS) is 10.1. The van der Waals surface area contributed by atoms with Crippen LogP contribution in [0.4, 0.5) is 19.3 Å². The molecule has 1 aromatic carbocycles. The number of hydrogen-bond donors (Lipinski definition) is 2. The number of unbranched alkanes of at least 4 members (excludes halogenated alkanes) is 1. The molecule has 1 rings (SSSR count). The molecule has 0 unspecified atom stereocenters. The Kier molecular flexibility index (Phi) is 5.34. The Morgan fingerprint density at radius 1 is 1.35 bits per heavy atom. The van der Waals surface area contributed by atoms with Crippen molar-refractivity contribution in [2.75, 3.05) is 11.9 Å². The van der Waals surface area contributed by atoms with Crippen LogP contribution >= 0.6 is 15.9 Å². The Hall–Kier alpha value is -1.17. The molecular weight excluding hydrogens is 294 g/mol. The molecule has 94 valence electrons. The molecule has 0 atom stereocenters. The fourth-order valence-corrected chi connectivity index (χ4v) is 1.60. The van der Waals surface area contributed by atoms with Gasteiger partial charge in [-0.2, -0.15) is 0 Å². The van der Waals surface area contributed by atoms with E-state index in [-0.39, 0.29) is 4.47 Å². The van der Waals surface area contributed by atoms with Gasteiger partial charge in [0.15, 0.2) is 11.6 Å². The SMILES string of the molecule is CCCCNC(=O)Nc1c(F)cc(Br)cc1F. The average Bonchev–Trinajstić information content (AvgIpc) is 2.24. The summed E-state index contributed by atoms with van der Waals surface area (Å²) < 4.78 is 27.0. The largest absolute Gasteiger partial charge is 0.338 e. The van der Waals surface area contributed by atoms with Gasteiger partial charge >= 0.3 is 6.03 Å². The monoisotopic (exact) mass is 306 g/mol. The second kappa shape index (κ2) is 6.54. The van der Waals surface area contributed by atoms with Crippen LogP contribution in [0, 0.1) is 11.6 Å². The number of rotatable bonds is 4. The Morgan fingerprint density at radius 2 is 1.94 bits per heavy atom. The topological polar surface area (TPSA) is 41.1 Å². The van der Waals surface area contributed by atoms with Gasteiger partial charge in [-0.25, -0.2) is 13.6 Å². The van der Waals surface area contributed by atoms with Crippen LogP contribution < -0.4 is 10.6 Å². The zero-order valence-electron chi connectivity index (χ0n) is 9.32.